The van der Waals surface area contributed by atoms with Crippen molar-refractivity contribution < 1.29 is 40.3 Å². The first-order chi connectivity index (χ1) is 12.4. The van der Waals surface area contributed by atoms with Gasteiger partial charge in [0, 0.05) is 11.1 Å². The lowest BCUT2D eigenvalue weighted by molar-refractivity contribution is -0.176. The average molecular weight is 389 g/mol. The number of nitrogens with zero attached hydrogens (tertiary/aromatic N) is 1. The van der Waals surface area contributed by atoms with Crippen molar-refractivity contribution in [3.05, 3.63) is 58.7 Å². The van der Waals surface area contributed by atoms with E-state index in [1.807, 2.05) is 0 Å². The number of ether oxygens (including phenoxy) is 1. The van der Waals surface area contributed by atoms with Crippen LogP contribution in [0.5, 0.6) is 11.5 Å². The van der Waals surface area contributed by atoms with E-state index in [-0.39, 0.29) is 11.3 Å². The molecule has 140 valence electrons. The Morgan fingerprint density at radius 3 is 2.04 bits per heavy atom. The van der Waals surface area contributed by atoms with Crippen LogP contribution in [0.15, 0.2) is 36.4 Å². The monoisotopic (exact) mass is 389 g/mol. The highest BCUT2D eigenvalue weighted by Crippen LogP contribution is 2.56. The fourth-order valence-electron chi connectivity index (χ4n) is 2.64. The first-order valence-electron chi connectivity index (χ1n) is 7.14. The Kier molecular flexibility index (Phi) is 3.95. The first-order valence-corrected chi connectivity index (χ1v) is 7.14. The number of Topliss-reactive ketones (excluding diaryl/α,β-unsaturated/α-hetero) is 1. The molecule has 1 aliphatic rings. The van der Waals surface area contributed by atoms with Crippen molar-refractivity contribution >= 4 is 5.78 Å². The van der Waals surface area contributed by atoms with Gasteiger partial charge < -0.3 is 4.74 Å². The Balaban J connectivity index is 2.19. The molecule has 0 spiro atoms. The molecule has 0 bridgehead atoms. The maximum Gasteiger partial charge on any atom is 0.420 e. The molecular weight excluding hydrogens is 383 g/mol. The Labute approximate surface area is 146 Å². The lowest BCUT2D eigenvalue weighted by atomic mass is 10.0. The molecule has 0 saturated heterocycles. The predicted molar refractivity (Wildman–Crippen MR) is 75.8 cm³/mol. The second-order valence-corrected chi connectivity index (χ2v) is 5.58. The Bertz CT molecular complexity index is 973. The number of carbonyl (C=O) groups is 1. The zero-order valence-electron chi connectivity index (χ0n) is 12.9. The number of fused-ring (bicyclic) bond motifs is 1. The number of rotatable bonds is 2. The molecule has 27 heavy (non-hydrogen) atoms. The summed E-state index contributed by atoms with van der Waals surface area (Å²) in [5.41, 5.74) is -5.37. The van der Waals surface area contributed by atoms with Crippen LogP contribution < -0.4 is 4.74 Å². The average Bonchev–Trinajstić information content (AvgIpc) is 2.72. The highest BCUT2D eigenvalue weighted by Gasteiger charge is 2.70. The molecule has 0 fully saturated rings. The molecule has 2 aromatic carbocycles. The van der Waals surface area contributed by atoms with Gasteiger partial charge in [-0.2, -0.15) is 36.0 Å². The van der Waals surface area contributed by atoms with Crippen LogP contribution in [0.2, 0.25) is 0 Å². The summed E-state index contributed by atoms with van der Waals surface area (Å²) in [5, 5.41) is 8.68. The van der Waals surface area contributed by atoms with E-state index < -0.39 is 46.2 Å². The molecule has 0 N–H and O–H groups in total. The zero-order valence-corrected chi connectivity index (χ0v) is 12.9. The van der Waals surface area contributed by atoms with Crippen molar-refractivity contribution in [2.75, 3.05) is 0 Å². The SMILES string of the molecule is N#Cc1ccc(Oc2ccc3c(c2C(F)(F)F)C(=O)C(F)(F)C3(F)F)cc1. The van der Waals surface area contributed by atoms with Crippen LogP contribution in [0.3, 0.4) is 0 Å². The third-order valence-electron chi connectivity index (χ3n) is 3.91. The number of hydrogen-bond acceptors (Lipinski definition) is 3. The van der Waals surface area contributed by atoms with Crippen molar-refractivity contribution in [1.82, 2.24) is 0 Å². The fourth-order valence-corrected chi connectivity index (χ4v) is 2.64. The molecule has 0 unspecified atom stereocenters. The summed E-state index contributed by atoms with van der Waals surface area (Å²) < 4.78 is 100.0. The summed E-state index contributed by atoms with van der Waals surface area (Å²) in [6.45, 7) is 0. The van der Waals surface area contributed by atoms with E-state index in [1.165, 1.54) is 12.1 Å². The van der Waals surface area contributed by atoms with E-state index >= 15 is 0 Å². The second-order valence-electron chi connectivity index (χ2n) is 5.58. The Hall–Kier alpha value is -3.09. The van der Waals surface area contributed by atoms with E-state index in [2.05, 4.69) is 0 Å². The van der Waals surface area contributed by atoms with E-state index in [0.29, 0.717) is 12.1 Å². The number of halogens is 7. The summed E-state index contributed by atoms with van der Waals surface area (Å²) in [4.78, 5) is 11.7. The van der Waals surface area contributed by atoms with E-state index in [0.717, 1.165) is 12.1 Å². The van der Waals surface area contributed by atoms with Gasteiger partial charge in [0.2, 0.25) is 5.78 Å². The van der Waals surface area contributed by atoms with Crippen LogP contribution in [-0.4, -0.2) is 11.7 Å². The van der Waals surface area contributed by atoms with Gasteiger partial charge in [0.25, 0.3) is 0 Å². The standard InChI is InChI=1S/C17H6F7NO2/c18-15(19)10-5-6-11(27-9-3-1-8(7-25)2-4-9)13(17(22,23)24)12(10)14(26)16(15,20)21/h1-6H. The van der Waals surface area contributed by atoms with Gasteiger partial charge >= 0.3 is 18.0 Å². The molecular formula is C17H6F7NO2. The van der Waals surface area contributed by atoms with Crippen molar-refractivity contribution in [2.45, 2.75) is 18.0 Å². The van der Waals surface area contributed by atoms with Gasteiger partial charge in [-0.15, -0.1) is 0 Å². The lowest BCUT2D eigenvalue weighted by Gasteiger charge is -2.18. The minimum atomic E-state index is -5.42. The topological polar surface area (TPSA) is 50.1 Å². The number of ketones is 1. The fraction of sp³-hybridized carbons (Fsp3) is 0.176. The summed E-state index contributed by atoms with van der Waals surface area (Å²) in [7, 11) is 0. The van der Waals surface area contributed by atoms with Crippen LogP contribution >= 0.6 is 0 Å². The summed E-state index contributed by atoms with van der Waals surface area (Å²) in [5.74, 6) is -14.3. The maximum atomic E-state index is 13.8. The van der Waals surface area contributed by atoms with Crippen LogP contribution in [0.4, 0.5) is 30.7 Å². The van der Waals surface area contributed by atoms with Gasteiger partial charge in [0.15, 0.2) is 0 Å². The van der Waals surface area contributed by atoms with Crippen molar-refractivity contribution in [1.29, 1.82) is 5.26 Å². The highest BCUT2D eigenvalue weighted by atomic mass is 19.4. The van der Waals surface area contributed by atoms with Crippen molar-refractivity contribution in [3.63, 3.8) is 0 Å². The number of hydrogen-bond donors (Lipinski definition) is 0. The molecule has 2 aromatic rings. The summed E-state index contributed by atoms with van der Waals surface area (Å²) >= 11 is 0. The van der Waals surface area contributed by atoms with Crippen molar-refractivity contribution in [2.24, 2.45) is 0 Å². The smallest absolute Gasteiger partial charge is 0.420 e. The predicted octanol–water partition coefficient (Wildman–Crippen LogP) is 5.29. The minimum absolute atomic E-state index is 0.168. The molecule has 0 amide bonds. The molecule has 0 atom stereocenters. The van der Waals surface area contributed by atoms with Crippen molar-refractivity contribution in [3.8, 4) is 17.6 Å². The van der Waals surface area contributed by atoms with E-state index in [9.17, 15) is 35.5 Å². The molecule has 3 rings (SSSR count). The molecule has 0 aliphatic heterocycles. The minimum Gasteiger partial charge on any atom is -0.457 e. The van der Waals surface area contributed by atoms with Crippen LogP contribution in [0, 0.1) is 11.3 Å². The van der Waals surface area contributed by atoms with E-state index in [1.54, 1.807) is 6.07 Å². The molecule has 0 heterocycles. The summed E-state index contributed by atoms with van der Waals surface area (Å²) in [6.07, 6.45) is -5.42. The summed E-state index contributed by atoms with van der Waals surface area (Å²) in [6, 6.07) is 7.19. The van der Waals surface area contributed by atoms with Crippen LogP contribution in [0.1, 0.15) is 27.0 Å². The number of benzene rings is 2. The van der Waals surface area contributed by atoms with Gasteiger partial charge in [0.1, 0.15) is 17.1 Å². The van der Waals surface area contributed by atoms with Crippen LogP contribution in [-0.2, 0) is 12.1 Å². The second kappa shape index (κ2) is 5.70. The lowest BCUT2D eigenvalue weighted by Crippen LogP contribution is -2.38. The number of nitriles is 1. The Morgan fingerprint density at radius 1 is 0.926 bits per heavy atom. The molecule has 0 saturated carbocycles. The normalized spacial score (nSPS) is 17.3. The number of carbonyl (C=O) groups excluding carboxylic acids is 1. The number of alkyl halides is 7. The van der Waals surface area contributed by atoms with Gasteiger partial charge in [-0.3, -0.25) is 4.79 Å². The largest absolute Gasteiger partial charge is 0.457 e. The third-order valence-corrected chi connectivity index (χ3v) is 3.91. The van der Waals surface area contributed by atoms with Gasteiger partial charge in [0.05, 0.1) is 11.6 Å². The molecule has 1 aliphatic carbocycles. The third kappa shape index (κ3) is 2.70. The first kappa shape index (κ1) is 18.7. The zero-order chi connectivity index (χ0) is 20.2. The molecule has 3 nitrogen and oxygen atoms in total. The highest BCUT2D eigenvalue weighted by molar-refractivity contribution is 6.08. The maximum absolute atomic E-state index is 13.8. The Morgan fingerprint density at radius 2 is 1.52 bits per heavy atom. The quantitative estimate of drug-likeness (QED) is 0.656. The van der Waals surface area contributed by atoms with Gasteiger partial charge in [-0.1, -0.05) is 0 Å². The molecule has 10 heteroatoms. The van der Waals surface area contributed by atoms with E-state index in [4.69, 9.17) is 10.00 Å². The molecule has 0 radical (unpaired) electrons. The van der Waals surface area contributed by atoms with Gasteiger partial charge in [-0.05, 0) is 36.4 Å². The molecule has 0 aromatic heterocycles. The van der Waals surface area contributed by atoms with Gasteiger partial charge in [-0.25, -0.2) is 0 Å². The van der Waals surface area contributed by atoms with Crippen LogP contribution in [0.25, 0.3) is 0 Å².